The molecule has 0 radical (unpaired) electrons. The first-order chi connectivity index (χ1) is 4.20. The van der Waals surface area contributed by atoms with Crippen LogP contribution in [0.15, 0.2) is 0 Å². The number of rotatable bonds is 0. The second kappa shape index (κ2) is 2.67. The van der Waals surface area contributed by atoms with Crippen molar-refractivity contribution in [3.05, 3.63) is 0 Å². The minimum Gasteiger partial charge on any atom is -0.375 e. The average Bonchev–Trinajstić information content (AvgIpc) is 1.80. The number of hydrogen-bond acceptors (Lipinski definition) is 2. The average molecular weight is 129 g/mol. The smallest absolute Gasteiger partial charge is 0.0698 e. The van der Waals surface area contributed by atoms with Gasteiger partial charge in [-0.3, -0.25) is 0 Å². The third kappa shape index (κ3) is 1.66. The highest BCUT2D eigenvalue weighted by Crippen LogP contribution is 2.05. The number of nitrogens with one attached hydrogen (secondary N) is 1. The molecule has 0 aliphatic carbocycles. The zero-order valence-corrected chi connectivity index (χ0v) is 6.35. The van der Waals surface area contributed by atoms with Crippen LogP contribution in [0.2, 0.25) is 0 Å². The molecule has 1 fully saturated rings. The molecule has 1 heterocycles. The van der Waals surface area contributed by atoms with E-state index in [9.17, 15) is 0 Å². The second-order valence-corrected chi connectivity index (χ2v) is 2.89. The maximum absolute atomic E-state index is 5.44. The summed E-state index contributed by atoms with van der Waals surface area (Å²) in [6.07, 6.45) is 0.376. The zero-order chi connectivity index (χ0) is 6.85. The van der Waals surface area contributed by atoms with Crippen LogP contribution in [0, 0.1) is 0 Å². The van der Waals surface area contributed by atoms with Crippen LogP contribution in [-0.4, -0.2) is 24.8 Å². The summed E-state index contributed by atoms with van der Waals surface area (Å²) in [4.78, 5) is 0. The second-order valence-electron chi connectivity index (χ2n) is 2.89. The summed E-state index contributed by atoms with van der Waals surface area (Å²) in [7, 11) is 0. The fourth-order valence-corrected chi connectivity index (χ4v) is 1.07. The Kier molecular flexibility index (Phi) is 2.09. The number of hydrogen-bond donors (Lipinski definition) is 1. The largest absolute Gasteiger partial charge is 0.375 e. The lowest BCUT2D eigenvalue weighted by Crippen LogP contribution is -2.50. The predicted molar refractivity (Wildman–Crippen MR) is 37.5 cm³/mol. The standard InChI is InChI=1S/C7H15NO/c1-5-4-9-7(3)6(2)8-5/h5-8H,4H2,1-3H3/t5-,6+,7-/m1/s1. The Morgan fingerprint density at radius 3 is 2.44 bits per heavy atom. The van der Waals surface area contributed by atoms with Gasteiger partial charge in [0.2, 0.25) is 0 Å². The van der Waals surface area contributed by atoms with Gasteiger partial charge >= 0.3 is 0 Å². The van der Waals surface area contributed by atoms with Gasteiger partial charge in [0, 0.05) is 12.1 Å². The van der Waals surface area contributed by atoms with Crippen LogP contribution in [-0.2, 0) is 4.74 Å². The Labute approximate surface area is 56.6 Å². The van der Waals surface area contributed by atoms with Crippen molar-refractivity contribution in [1.82, 2.24) is 5.32 Å². The molecule has 1 aliphatic rings. The van der Waals surface area contributed by atoms with Gasteiger partial charge in [-0.15, -0.1) is 0 Å². The quantitative estimate of drug-likeness (QED) is 0.521. The number of ether oxygens (including phenoxy) is 1. The van der Waals surface area contributed by atoms with Crippen LogP contribution in [0.1, 0.15) is 20.8 Å². The molecule has 54 valence electrons. The lowest BCUT2D eigenvalue weighted by Gasteiger charge is -2.31. The fraction of sp³-hybridized carbons (Fsp3) is 1.00. The SMILES string of the molecule is C[C@@H]1CO[C@H](C)[C@H](C)N1. The lowest BCUT2D eigenvalue weighted by atomic mass is 10.1. The van der Waals surface area contributed by atoms with Crippen molar-refractivity contribution in [2.45, 2.75) is 39.0 Å². The van der Waals surface area contributed by atoms with E-state index in [-0.39, 0.29) is 0 Å². The highest BCUT2D eigenvalue weighted by molar-refractivity contribution is 4.77. The van der Waals surface area contributed by atoms with E-state index in [4.69, 9.17) is 4.74 Å². The molecule has 2 heteroatoms. The summed E-state index contributed by atoms with van der Waals surface area (Å²) in [5.74, 6) is 0. The van der Waals surface area contributed by atoms with Gasteiger partial charge in [-0.1, -0.05) is 0 Å². The van der Waals surface area contributed by atoms with Crippen molar-refractivity contribution in [2.75, 3.05) is 6.61 Å². The van der Waals surface area contributed by atoms with Gasteiger partial charge in [0.15, 0.2) is 0 Å². The van der Waals surface area contributed by atoms with Gasteiger partial charge in [-0.2, -0.15) is 0 Å². The molecule has 0 bridgehead atoms. The molecule has 1 rings (SSSR count). The first kappa shape index (κ1) is 7.03. The molecule has 3 atom stereocenters. The maximum atomic E-state index is 5.44. The van der Waals surface area contributed by atoms with E-state index < -0.39 is 0 Å². The highest BCUT2D eigenvalue weighted by atomic mass is 16.5. The third-order valence-electron chi connectivity index (χ3n) is 1.86. The van der Waals surface area contributed by atoms with E-state index in [1.54, 1.807) is 0 Å². The van der Waals surface area contributed by atoms with Crippen molar-refractivity contribution in [3.63, 3.8) is 0 Å². The minimum atomic E-state index is 0.376. The molecule has 0 unspecified atom stereocenters. The topological polar surface area (TPSA) is 21.3 Å². The third-order valence-corrected chi connectivity index (χ3v) is 1.86. The molecular formula is C7H15NO. The molecule has 0 spiro atoms. The summed E-state index contributed by atoms with van der Waals surface area (Å²) >= 11 is 0. The molecule has 0 amide bonds. The van der Waals surface area contributed by atoms with E-state index in [0.717, 1.165) is 6.61 Å². The van der Waals surface area contributed by atoms with E-state index in [1.807, 2.05) is 0 Å². The van der Waals surface area contributed by atoms with E-state index >= 15 is 0 Å². The predicted octanol–water partition coefficient (Wildman–Crippen LogP) is 0.772. The van der Waals surface area contributed by atoms with Crippen molar-refractivity contribution in [3.8, 4) is 0 Å². The molecule has 2 nitrogen and oxygen atoms in total. The molecule has 1 saturated heterocycles. The lowest BCUT2D eigenvalue weighted by molar-refractivity contribution is -0.00764. The van der Waals surface area contributed by atoms with Crippen molar-refractivity contribution < 1.29 is 4.74 Å². The molecule has 0 aromatic carbocycles. The van der Waals surface area contributed by atoms with Crippen LogP contribution in [0.5, 0.6) is 0 Å². The van der Waals surface area contributed by atoms with E-state index in [2.05, 4.69) is 26.1 Å². The summed E-state index contributed by atoms with van der Waals surface area (Å²) in [5, 5.41) is 3.40. The minimum absolute atomic E-state index is 0.376. The van der Waals surface area contributed by atoms with Crippen molar-refractivity contribution in [1.29, 1.82) is 0 Å². The van der Waals surface area contributed by atoms with Crippen LogP contribution >= 0.6 is 0 Å². The normalized spacial score (nSPS) is 45.0. The zero-order valence-electron chi connectivity index (χ0n) is 6.35. The first-order valence-corrected chi connectivity index (χ1v) is 3.58. The van der Waals surface area contributed by atoms with Crippen LogP contribution < -0.4 is 5.32 Å². The van der Waals surface area contributed by atoms with Gasteiger partial charge in [0.25, 0.3) is 0 Å². The Morgan fingerprint density at radius 2 is 2.00 bits per heavy atom. The van der Waals surface area contributed by atoms with Crippen LogP contribution in [0.25, 0.3) is 0 Å². The Balaban J connectivity index is 2.35. The van der Waals surface area contributed by atoms with Crippen molar-refractivity contribution in [2.24, 2.45) is 0 Å². The van der Waals surface area contributed by atoms with Gasteiger partial charge in [-0.25, -0.2) is 0 Å². The molecule has 0 saturated carbocycles. The summed E-state index contributed by atoms with van der Waals surface area (Å²) in [6, 6.07) is 1.03. The Morgan fingerprint density at radius 1 is 1.33 bits per heavy atom. The van der Waals surface area contributed by atoms with Crippen LogP contribution in [0.3, 0.4) is 0 Å². The Hall–Kier alpha value is -0.0800. The molecule has 1 N–H and O–H groups in total. The van der Waals surface area contributed by atoms with Gasteiger partial charge in [0.05, 0.1) is 12.7 Å². The van der Waals surface area contributed by atoms with Crippen LogP contribution in [0.4, 0.5) is 0 Å². The summed E-state index contributed by atoms with van der Waals surface area (Å²) in [6.45, 7) is 7.25. The van der Waals surface area contributed by atoms with E-state index in [0.29, 0.717) is 18.2 Å². The maximum Gasteiger partial charge on any atom is 0.0698 e. The number of morpholine rings is 1. The molecule has 1 aliphatic heterocycles. The molecule has 0 aromatic rings. The summed E-state index contributed by atoms with van der Waals surface area (Å²) < 4.78 is 5.44. The van der Waals surface area contributed by atoms with Crippen molar-refractivity contribution >= 4 is 0 Å². The fourth-order valence-electron chi connectivity index (χ4n) is 1.07. The monoisotopic (exact) mass is 129 g/mol. The highest BCUT2D eigenvalue weighted by Gasteiger charge is 2.20. The Bertz CT molecular complexity index is 94.9. The van der Waals surface area contributed by atoms with E-state index in [1.165, 1.54) is 0 Å². The van der Waals surface area contributed by atoms with Gasteiger partial charge in [0.1, 0.15) is 0 Å². The van der Waals surface area contributed by atoms with Gasteiger partial charge < -0.3 is 10.1 Å². The molecular weight excluding hydrogens is 114 g/mol. The molecule has 9 heavy (non-hydrogen) atoms. The first-order valence-electron chi connectivity index (χ1n) is 3.58. The summed E-state index contributed by atoms with van der Waals surface area (Å²) in [5.41, 5.74) is 0. The molecule has 0 aromatic heterocycles. The van der Waals surface area contributed by atoms with Gasteiger partial charge in [-0.05, 0) is 20.8 Å².